The van der Waals surface area contributed by atoms with Gasteiger partial charge in [0.15, 0.2) is 0 Å². The summed E-state index contributed by atoms with van der Waals surface area (Å²) in [6.45, 7) is 2.32. The minimum Gasteiger partial charge on any atom is -0.308 e. The number of hydrogen-bond acceptors (Lipinski definition) is 3. The topological polar surface area (TPSA) is 24.9 Å². The Balaban J connectivity index is 1.98. The molecule has 0 spiro atoms. The Hall–Kier alpha value is -0.410. The van der Waals surface area contributed by atoms with E-state index in [0.29, 0.717) is 0 Å². The molecule has 2 nitrogen and oxygen atoms in total. The molecule has 0 bridgehead atoms. The summed E-state index contributed by atoms with van der Waals surface area (Å²) in [5, 5.41) is 5.01. The van der Waals surface area contributed by atoms with Crippen molar-refractivity contribution in [3.63, 3.8) is 0 Å². The van der Waals surface area contributed by atoms with E-state index in [1.807, 2.05) is 11.3 Å². The van der Waals surface area contributed by atoms with Crippen molar-refractivity contribution in [2.24, 2.45) is 5.92 Å². The van der Waals surface area contributed by atoms with Gasteiger partial charge in [0, 0.05) is 4.88 Å². The van der Waals surface area contributed by atoms with Crippen molar-refractivity contribution in [2.75, 3.05) is 7.05 Å². The fourth-order valence-electron chi connectivity index (χ4n) is 3.73. The molecule has 2 unspecified atom stereocenters. The van der Waals surface area contributed by atoms with Gasteiger partial charge in [-0.25, -0.2) is 4.98 Å². The van der Waals surface area contributed by atoms with Crippen LogP contribution in [0.25, 0.3) is 0 Å². The van der Waals surface area contributed by atoms with Gasteiger partial charge in [0.2, 0.25) is 0 Å². The maximum Gasteiger partial charge on any atom is 0.114 e. The molecular formula is C14H22N2S. The fraction of sp³-hybridized carbons (Fsp3) is 0.786. The van der Waals surface area contributed by atoms with Gasteiger partial charge in [-0.3, -0.25) is 0 Å². The van der Waals surface area contributed by atoms with Crippen molar-refractivity contribution in [1.82, 2.24) is 10.3 Å². The molecule has 0 amide bonds. The lowest BCUT2D eigenvalue weighted by Gasteiger charge is -2.33. The Bertz CT molecular complexity index is 391. The molecule has 3 heteroatoms. The van der Waals surface area contributed by atoms with Crippen LogP contribution in [0.15, 0.2) is 0 Å². The second-order valence-electron chi connectivity index (χ2n) is 5.46. The molecule has 0 aromatic carbocycles. The molecule has 0 saturated heterocycles. The first-order valence-electron chi connectivity index (χ1n) is 6.98. The number of nitrogens with one attached hydrogen (secondary N) is 1. The zero-order valence-electron chi connectivity index (χ0n) is 10.9. The average molecular weight is 250 g/mol. The van der Waals surface area contributed by atoms with Crippen LogP contribution < -0.4 is 5.32 Å². The Kier molecular flexibility index (Phi) is 2.99. The molecule has 17 heavy (non-hydrogen) atoms. The number of hydrogen-bond donors (Lipinski definition) is 1. The average Bonchev–Trinajstić information content (AvgIpc) is 3.01. The van der Waals surface area contributed by atoms with E-state index in [2.05, 4.69) is 19.3 Å². The Labute approximate surface area is 108 Å². The van der Waals surface area contributed by atoms with Crippen molar-refractivity contribution in [3.8, 4) is 0 Å². The summed E-state index contributed by atoms with van der Waals surface area (Å²) in [5.74, 6) is 0.777. The molecule has 2 aliphatic carbocycles. The highest BCUT2D eigenvalue weighted by molar-refractivity contribution is 7.12. The quantitative estimate of drug-likeness (QED) is 0.890. The smallest absolute Gasteiger partial charge is 0.114 e. The highest BCUT2D eigenvalue weighted by atomic mass is 32.1. The lowest BCUT2D eigenvalue weighted by Crippen LogP contribution is -2.43. The predicted octanol–water partition coefficient (Wildman–Crippen LogP) is 3.26. The second-order valence-corrected chi connectivity index (χ2v) is 6.54. The van der Waals surface area contributed by atoms with Crippen molar-refractivity contribution >= 4 is 11.3 Å². The van der Waals surface area contributed by atoms with Crippen LogP contribution in [0.1, 0.15) is 54.6 Å². The monoisotopic (exact) mass is 250 g/mol. The number of nitrogens with zero attached hydrogens (tertiary/aromatic N) is 1. The van der Waals surface area contributed by atoms with E-state index in [4.69, 9.17) is 4.98 Å². The molecule has 1 saturated carbocycles. The summed E-state index contributed by atoms with van der Waals surface area (Å²) in [6, 6.07) is 0. The lowest BCUT2D eigenvalue weighted by molar-refractivity contribution is 0.257. The highest BCUT2D eigenvalue weighted by Gasteiger charge is 2.44. The zero-order chi connectivity index (χ0) is 11.9. The third-order valence-corrected chi connectivity index (χ3v) is 6.07. The minimum atomic E-state index is 0.198. The van der Waals surface area contributed by atoms with Gasteiger partial charge in [-0.2, -0.15) is 0 Å². The number of fused-ring (bicyclic) bond motifs is 1. The molecule has 3 rings (SSSR count). The number of aryl methyl sites for hydroxylation is 2. The summed E-state index contributed by atoms with van der Waals surface area (Å²) >= 11 is 1.99. The minimum absolute atomic E-state index is 0.198. The van der Waals surface area contributed by atoms with E-state index < -0.39 is 0 Å². The van der Waals surface area contributed by atoms with E-state index >= 15 is 0 Å². The molecule has 0 radical (unpaired) electrons. The Morgan fingerprint density at radius 3 is 3.00 bits per heavy atom. The van der Waals surface area contributed by atoms with Gasteiger partial charge >= 0.3 is 0 Å². The van der Waals surface area contributed by atoms with Gasteiger partial charge < -0.3 is 5.32 Å². The Morgan fingerprint density at radius 1 is 1.41 bits per heavy atom. The Morgan fingerprint density at radius 2 is 2.29 bits per heavy atom. The van der Waals surface area contributed by atoms with E-state index in [1.54, 1.807) is 4.88 Å². The van der Waals surface area contributed by atoms with Gasteiger partial charge in [-0.05, 0) is 45.1 Å². The van der Waals surface area contributed by atoms with E-state index in [1.165, 1.54) is 55.6 Å². The van der Waals surface area contributed by atoms with E-state index in [-0.39, 0.29) is 5.54 Å². The molecule has 1 N–H and O–H groups in total. The van der Waals surface area contributed by atoms with Crippen LogP contribution in [0.4, 0.5) is 0 Å². The lowest BCUT2D eigenvalue weighted by atomic mass is 9.86. The van der Waals surface area contributed by atoms with Gasteiger partial charge in [0.25, 0.3) is 0 Å². The van der Waals surface area contributed by atoms with Crippen molar-refractivity contribution in [3.05, 3.63) is 15.6 Å². The van der Waals surface area contributed by atoms with Crippen LogP contribution in [0.5, 0.6) is 0 Å². The summed E-state index contributed by atoms with van der Waals surface area (Å²) in [6.07, 6.45) is 9.05. The van der Waals surface area contributed by atoms with Crippen molar-refractivity contribution in [1.29, 1.82) is 0 Å². The maximum absolute atomic E-state index is 4.97. The van der Waals surface area contributed by atoms with Gasteiger partial charge in [0.05, 0.1) is 11.2 Å². The van der Waals surface area contributed by atoms with Crippen LogP contribution in [-0.2, 0) is 18.4 Å². The third kappa shape index (κ3) is 1.66. The van der Waals surface area contributed by atoms with Crippen LogP contribution in [0, 0.1) is 5.92 Å². The summed E-state index contributed by atoms with van der Waals surface area (Å²) in [5.41, 5.74) is 1.60. The summed E-state index contributed by atoms with van der Waals surface area (Å²) < 4.78 is 0. The van der Waals surface area contributed by atoms with E-state index in [0.717, 1.165) is 5.92 Å². The molecule has 1 fully saturated rings. The summed E-state index contributed by atoms with van der Waals surface area (Å²) in [4.78, 5) is 6.54. The zero-order valence-corrected chi connectivity index (χ0v) is 11.7. The second kappa shape index (κ2) is 4.36. The molecule has 1 heterocycles. The molecule has 1 aromatic rings. The number of aromatic nitrogens is 1. The predicted molar refractivity (Wildman–Crippen MR) is 72.5 cm³/mol. The molecule has 94 valence electrons. The van der Waals surface area contributed by atoms with Crippen LogP contribution in [0.3, 0.4) is 0 Å². The molecule has 1 aromatic heterocycles. The first-order valence-corrected chi connectivity index (χ1v) is 7.79. The number of rotatable bonds is 3. The van der Waals surface area contributed by atoms with Crippen LogP contribution >= 0.6 is 11.3 Å². The van der Waals surface area contributed by atoms with Gasteiger partial charge in [0.1, 0.15) is 5.01 Å². The van der Waals surface area contributed by atoms with Crippen LogP contribution in [-0.4, -0.2) is 12.0 Å². The fourth-order valence-corrected chi connectivity index (χ4v) is 5.18. The van der Waals surface area contributed by atoms with Gasteiger partial charge in [-0.15, -0.1) is 11.3 Å². The van der Waals surface area contributed by atoms with E-state index in [9.17, 15) is 0 Å². The standard InChI is InChI=1S/C14H22N2S/c1-3-10-6-5-9-14(10,15-2)13-16-11-7-4-8-12(11)17-13/h10,15H,3-9H2,1-2H3. The molecule has 2 aliphatic rings. The largest absolute Gasteiger partial charge is 0.308 e. The molecular weight excluding hydrogens is 228 g/mol. The molecule has 0 aliphatic heterocycles. The first-order chi connectivity index (χ1) is 8.30. The normalized spacial score (nSPS) is 32.0. The van der Waals surface area contributed by atoms with Gasteiger partial charge in [-0.1, -0.05) is 19.8 Å². The van der Waals surface area contributed by atoms with Crippen molar-refractivity contribution < 1.29 is 0 Å². The maximum atomic E-state index is 4.97. The SMILES string of the molecule is CCC1CCCC1(NC)c1nc2c(s1)CCC2. The van der Waals surface area contributed by atoms with Crippen LogP contribution in [0.2, 0.25) is 0 Å². The number of thiazole rings is 1. The first kappa shape index (κ1) is 11.7. The summed E-state index contributed by atoms with van der Waals surface area (Å²) in [7, 11) is 2.13. The highest BCUT2D eigenvalue weighted by Crippen LogP contribution is 2.47. The third-order valence-electron chi connectivity index (χ3n) is 4.74. The molecule has 2 atom stereocenters. The van der Waals surface area contributed by atoms with Crippen molar-refractivity contribution in [2.45, 2.75) is 57.4 Å².